The highest BCUT2D eigenvalue weighted by Gasteiger charge is 2.20. The zero-order valence-corrected chi connectivity index (χ0v) is 12.2. The van der Waals surface area contributed by atoms with Gasteiger partial charge in [0.05, 0.1) is 0 Å². The maximum Gasteiger partial charge on any atom is 0.321 e. The Labute approximate surface area is 124 Å². The lowest BCUT2D eigenvalue weighted by Gasteiger charge is -2.30. The van der Waals surface area contributed by atoms with Crippen LogP contribution in [0.25, 0.3) is 0 Å². The number of likely N-dealkylation sites (tertiary alicyclic amines) is 1. The fourth-order valence-corrected chi connectivity index (χ4v) is 2.53. The molecule has 1 aliphatic heterocycles. The molecule has 0 spiro atoms. The molecule has 1 fully saturated rings. The van der Waals surface area contributed by atoms with Crippen LogP contribution in [0.1, 0.15) is 25.3 Å². The first-order chi connectivity index (χ1) is 10.1. The Morgan fingerprint density at radius 3 is 2.81 bits per heavy atom. The summed E-state index contributed by atoms with van der Waals surface area (Å²) < 4.78 is 0. The van der Waals surface area contributed by atoms with E-state index in [0.29, 0.717) is 12.3 Å². The smallest absolute Gasteiger partial charge is 0.321 e. The fraction of sp³-hybridized carbons (Fsp3) is 0.467. The van der Waals surface area contributed by atoms with Crippen LogP contribution in [0, 0.1) is 5.92 Å². The molecule has 0 saturated carbocycles. The maximum absolute atomic E-state index is 12.2. The van der Waals surface area contributed by atoms with E-state index in [1.807, 2.05) is 29.2 Å². The molecule has 0 radical (unpaired) electrons. The largest absolute Gasteiger partial charge is 0.409 e. The minimum absolute atomic E-state index is 0.0502. The predicted octanol–water partition coefficient (Wildman–Crippen LogP) is 2.24. The second-order valence-electron chi connectivity index (χ2n) is 5.59. The lowest BCUT2D eigenvalue weighted by molar-refractivity contribution is 0.182. The van der Waals surface area contributed by atoms with Crippen LogP contribution in [0.2, 0.25) is 0 Å². The van der Waals surface area contributed by atoms with E-state index in [-0.39, 0.29) is 11.9 Å². The third kappa shape index (κ3) is 4.37. The zero-order valence-electron chi connectivity index (χ0n) is 12.2. The molecule has 1 unspecified atom stereocenters. The van der Waals surface area contributed by atoms with Crippen LogP contribution in [0.5, 0.6) is 0 Å². The van der Waals surface area contributed by atoms with E-state index in [4.69, 9.17) is 10.9 Å². The van der Waals surface area contributed by atoms with E-state index in [9.17, 15) is 4.79 Å². The van der Waals surface area contributed by atoms with Gasteiger partial charge >= 0.3 is 6.03 Å². The van der Waals surface area contributed by atoms with Gasteiger partial charge in [0.2, 0.25) is 0 Å². The van der Waals surface area contributed by atoms with Gasteiger partial charge in [-0.25, -0.2) is 4.79 Å². The minimum Gasteiger partial charge on any atom is -0.409 e. The molecule has 2 amide bonds. The van der Waals surface area contributed by atoms with E-state index in [1.165, 1.54) is 6.42 Å². The first kappa shape index (κ1) is 15.2. The maximum atomic E-state index is 12.2. The third-order valence-corrected chi connectivity index (χ3v) is 3.66. The molecule has 6 nitrogen and oxygen atoms in total. The van der Waals surface area contributed by atoms with Crippen LogP contribution in [0.15, 0.2) is 29.4 Å². The van der Waals surface area contributed by atoms with Crippen molar-refractivity contribution in [3.05, 3.63) is 29.8 Å². The number of benzene rings is 1. The molecule has 1 saturated heterocycles. The number of hydrogen-bond donors (Lipinski definition) is 3. The molecule has 1 atom stereocenters. The van der Waals surface area contributed by atoms with Crippen LogP contribution in [-0.4, -0.2) is 35.1 Å². The van der Waals surface area contributed by atoms with Gasteiger partial charge in [-0.2, -0.15) is 0 Å². The molecule has 0 bridgehead atoms. The highest BCUT2D eigenvalue weighted by Crippen LogP contribution is 2.17. The van der Waals surface area contributed by atoms with Crippen molar-refractivity contribution >= 4 is 17.6 Å². The molecule has 1 aliphatic rings. The van der Waals surface area contributed by atoms with Crippen molar-refractivity contribution in [2.75, 3.05) is 18.4 Å². The number of rotatable bonds is 3. The van der Waals surface area contributed by atoms with Gasteiger partial charge in [0.1, 0.15) is 5.84 Å². The Morgan fingerprint density at radius 1 is 1.48 bits per heavy atom. The lowest BCUT2D eigenvalue weighted by Crippen LogP contribution is -2.41. The van der Waals surface area contributed by atoms with E-state index in [0.717, 1.165) is 30.8 Å². The molecule has 1 aromatic carbocycles. The van der Waals surface area contributed by atoms with E-state index in [2.05, 4.69) is 17.4 Å². The number of hydrogen-bond acceptors (Lipinski definition) is 3. The average Bonchev–Trinajstić information content (AvgIpc) is 2.49. The monoisotopic (exact) mass is 290 g/mol. The summed E-state index contributed by atoms with van der Waals surface area (Å²) >= 11 is 0. The van der Waals surface area contributed by atoms with Gasteiger partial charge in [-0.1, -0.05) is 24.2 Å². The van der Waals surface area contributed by atoms with Crippen LogP contribution in [0.4, 0.5) is 10.5 Å². The summed E-state index contributed by atoms with van der Waals surface area (Å²) in [6.07, 6.45) is 2.63. The number of carbonyl (C=O) groups excluding carboxylic acids is 1. The molecular weight excluding hydrogens is 268 g/mol. The number of amidine groups is 1. The summed E-state index contributed by atoms with van der Waals surface area (Å²) in [4.78, 5) is 14.0. The molecule has 4 N–H and O–H groups in total. The molecular formula is C15H22N4O2. The Kier molecular flexibility index (Phi) is 5.03. The molecule has 114 valence electrons. The molecule has 0 aliphatic carbocycles. The second-order valence-corrected chi connectivity index (χ2v) is 5.59. The van der Waals surface area contributed by atoms with Gasteiger partial charge < -0.3 is 21.2 Å². The Balaban J connectivity index is 1.92. The summed E-state index contributed by atoms with van der Waals surface area (Å²) in [5, 5.41) is 14.4. The van der Waals surface area contributed by atoms with E-state index in [1.54, 1.807) is 0 Å². The number of nitrogens with two attached hydrogens (primary N) is 1. The minimum atomic E-state index is -0.0502. The van der Waals surface area contributed by atoms with Crippen molar-refractivity contribution in [2.24, 2.45) is 16.8 Å². The van der Waals surface area contributed by atoms with Crippen molar-refractivity contribution in [3.63, 3.8) is 0 Å². The zero-order chi connectivity index (χ0) is 15.2. The predicted molar refractivity (Wildman–Crippen MR) is 82.5 cm³/mol. The molecule has 2 rings (SSSR count). The van der Waals surface area contributed by atoms with Gasteiger partial charge in [0.15, 0.2) is 0 Å². The quantitative estimate of drug-likeness (QED) is 0.345. The van der Waals surface area contributed by atoms with Crippen LogP contribution in [0.3, 0.4) is 0 Å². The Morgan fingerprint density at radius 2 is 2.19 bits per heavy atom. The summed E-state index contributed by atoms with van der Waals surface area (Å²) in [5.41, 5.74) is 7.14. The number of nitrogens with zero attached hydrogens (tertiary/aromatic N) is 2. The average molecular weight is 290 g/mol. The summed E-state index contributed by atoms with van der Waals surface area (Å²) in [5.74, 6) is 0.724. The van der Waals surface area contributed by atoms with Gasteiger partial charge in [-0.05, 0) is 36.5 Å². The van der Waals surface area contributed by atoms with Crippen molar-refractivity contribution in [3.8, 4) is 0 Å². The van der Waals surface area contributed by atoms with Gasteiger partial charge in [-0.15, -0.1) is 0 Å². The molecule has 6 heteroatoms. The summed E-state index contributed by atoms with van der Waals surface area (Å²) in [7, 11) is 0. The van der Waals surface area contributed by atoms with E-state index < -0.39 is 0 Å². The molecule has 1 aromatic rings. The van der Waals surface area contributed by atoms with Gasteiger partial charge in [0, 0.05) is 25.2 Å². The standard InChI is InChI=1S/C15H22N4O2/c1-11-3-2-8-19(10-11)15(20)17-13-6-4-12(5-7-13)9-14(16)18-21/h4-7,11,21H,2-3,8-10H2,1H3,(H2,16,18)(H,17,20). The lowest BCUT2D eigenvalue weighted by atomic mass is 10.0. The van der Waals surface area contributed by atoms with Crippen molar-refractivity contribution in [1.82, 2.24) is 4.90 Å². The fourth-order valence-electron chi connectivity index (χ4n) is 2.53. The first-order valence-corrected chi connectivity index (χ1v) is 7.19. The normalized spacial score (nSPS) is 19.4. The van der Waals surface area contributed by atoms with Crippen molar-refractivity contribution in [1.29, 1.82) is 0 Å². The van der Waals surface area contributed by atoms with Crippen LogP contribution in [-0.2, 0) is 6.42 Å². The van der Waals surface area contributed by atoms with Crippen molar-refractivity contribution in [2.45, 2.75) is 26.2 Å². The number of carbonyl (C=O) groups is 1. The SMILES string of the molecule is CC1CCCN(C(=O)Nc2ccc(CC(N)=NO)cc2)C1. The number of piperidine rings is 1. The number of nitrogens with one attached hydrogen (secondary N) is 1. The summed E-state index contributed by atoms with van der Waals surface area (Å²) in [6, 6.07) is 7.31. The van der Waals surface area contributed by atoms with Crippen molar-refractivity contribution < 1.29 is 10.0 Å². The molecule has 1 heterocycles. The highest BCUT2D eigenvalue weighted by molar-refractivity contribution is 5.89. The highest BCUT2D eigenvalue weighted by atomic mass is 16.4. The Bertz CT molecular complexity index is 513. The number of oxime groups is 1. The number of anilines is 1. The number of amides is 2. The van der Waals surface area contributed by atoms with Crippen LogP contribution < -0.4 is 11.1 Å². The van der Waals surface area contributed by atoms with Gasteiger partial charge in [0.25, 0.3) is 0 Å². The van der Waals surface area contributed by atoms with E-state index >= 15 is 0 Å². The number of urea groups is 1. The third-order valence-electron chi connectivity index (χ3n) is 3.66. The molecule has 0 aromatic heterocycles. The molecule has 21 heavy (non-hydrogen) atoms. The first-order valence-electron chi connectivity index (χ1n) is 7.19. The topological polar surface area (TPSA) is 91.0 Å². The second kappa shape index (κ2) is 6.97. The van der Waals surface area contributed by atoms with Gasteiger partial charge in [-0.3, -0.25) is 0 Å². The Hall–Kier alpha value is -2.24. The summed E-state index contributed by atoms with van der Waals surface area (Å²) in [6.45, 7) is 3.80. The van der Waals surface area contributed by atoms with Crippen LogP contribution >= 0.6 is 0 Å².